The van der Waals surface area contributed by atoms with Crippen LogP contribution in [0.2, 0.25) is 0 Å². The van der Waals surface area contributed by atoms with E-state index in [-0.39, 0.29) is 18.4 Å². The molecule has 4 N–H and O–H groups in total. The molecule has 0 spiro atoms. The molecule has 5 nitrogen and oxygen atoms in total. The standard InChI is InChI=1S/C10H20O4.H3N/c1-6-10(9(11)12,13-7(2)3)14-8(4)5;/h7-8H,6H2,1-5H3,(H,11,12);1H3. The minimum Gasteiger partial charge on any atom is -0.477 e. The maximum atomic E-state index is 11.1. The predicted molar refractivity (Wildman–Crippen MR) is 58.1 cm³/mol. The number of hydrogen-bond donors (Lipinski definition) is 2. The van der Waals surface area contributed by atoms with Gasteiger partial charge in [0.15, 0.2) is 0 Å². The van der Waals surface area contributed by atoms with Crippen LogP contribution in [-0.2, 0) is 14.3 Å². The summed E-state index contributed by atoms with van der Waals surface area (Å²) in [5, 5.41) is 9.07. The minimum absolute atomic E-state index is 0. The summed E-state index contributed by atoms with van der Waals surface area (Å²) >= 11 is 0. The van der Waals surface area contributed by atoms with Crippen LogP contribution in [0.1, 0.15) is 41.0 Å². The fourth-order valence-electron chi connectivity index (χ4n) is 1.21. The van der Waals surface area contributed by atoms with Gasteiger partial charge in [0, 0.05) is 6.42 Å². The van der Waals surface area contributed by atoms with Gasteiger partial charge in [0.05, 0.1) is 12.2 Å². The molecule has 0 fully saturated rings. The van der Waals surface area contributed by atoms with Crippen molar-refractivity contribution in [3.05, 3.63) is 0 Å². The lowest BCUT2D eigenvalue weighted by molar-refractivity contribution is -0.268. The summed E-state index contributed by atoms with van der Waals surface area (Å²) in [6, 6.07) is 0. The van der Waals surface area contributed by atoms with Gasteiger partial charge in [-0.25, -0.2) is 4.79 Å². The Morgan fingerprint density at radius 2 is 1.53 bits per heavy atom. The second kappa shape index (κ2) is 6.76. The van der Waals surface area contributed by atoms with E-state index in [2.05, 4.69) is 0 Å². The highest BCUT2D eigenvalue weighted by atomic mass is 16.7. The highest BCUT2D eigenvalue weighted by molar-refractivity contribution is 5.75. The summed E-state index contributed by atoms with van der Waals surface area (Å²) in [6.45, 7) is 8.89. The highest BCUT2D eigenvalue weighted by Crippen LogP contribution is 2.22. The second-order valence-electron chi connectivity index (χ2n) is 3.74. The zero-order valence-corrected chi connectivity index (χ0v) is 10.2. The lowest BCUT2D eigenvalue weighted by Crippen LogP contribution is -2.47. The monoisotopic (exact) mass is 221 g/mol. The molecular weight excluding hydrogens is 198 g/mol. The van der Waals surface area contributed by atoms with E-state index in [9.17, 15) is 4.79 Å². The fourth-order valence-corrected chi connectivity index (χ4v) is 1.21. The van der Waals surface area contributed by atoms with Crippen LogP contribution in [0.4, 0.5) is 0 Å². The molecule has 0 bridgehead atoms. The third kappa shape index (κ3) is 5.11. The maximum absolute atomic E-state index is 11.1. The van der Waals surface area contributed by atoms with Gasteiger partial charge in [-0.15, -0.1) is 0 Å². The van der Waals surface area contributed by atoms with E-state index in [1.807, 2.05) is 0 Å². The van der Waals surface area contributed by atoms with E-state index >= 15 is 0 Å². The van der Waals surface area contributed by atoms with Gasteiger partial charge in [-0.3, -0.25) is 0 Å². The molecule has 0 unspecified atom stereocenters. The van der Waals surface area contributed by atoms with Gasteiger partial charge in [0.25, 0.3) is 5.79 Å². The molecule has 5 heteroatoms. The van der Waals surface area contributed by atoms with Crippen molar-refractivity contribution in [2.45, 2.75) is 59.0 Å². The van der Waals surface area contributed by atoms with E-state index in [0.29, 0.717) is 6.42 Å². The molecule has 0 aliphatic heterocycles. The molecule has 0 heterocycles. The summed E-state index contributed by atoms with van der Waals surface area (Å²) in [4.78, 5) is 11.1. The lowest BCUT2D eigenvalue weighted by Gasteiger charge is -2.32. The van der Waals surface area contributed by atoms with Gasteiger partial charge < -0.3 is 20.7 Å². The van der Waals surface area contributed by atoms with E-state index in [1.54, 1.807) is 34.6 Å². The van der Waals surface area contributed by atoms with E-state index in [1.165, 1.54) is 0 Å². The summed E-state index contributed by atoms with van der Waals surface area (Å²) in [5.41, 5.74) is 0. The van der Waals surface area contributed by atoms with Crippen molar-refractivity contribution in [2.75, 3.05) is 0 Å². The van der Waals surface area contributed by atoms with Crippen LogP contribution >= 0.6 is 0 Å². The number of hydrogen-bond acceptors (Lipinski definition) is 4. The molecule has 0 aromatic rings. The SMILES string of the molecule is CCC(OC(C)C)(OC(C)C)C(=O)O.N. The lowest BCUT2D eigenvalue weighted by atomic mass is 10.2. The Hall–Kier alpha value is -0.650. The minimum atomic E-state index is -1.50. The average Bonchev–Trinajstić information content (AvgIpc) is 2.00. The smallest absolute Gasteiger partial charge is 0.364 e. The van der Waals surface area contributed by atoms with Gasteiger partial charge in [-0.1, -0.05) is 6.92 Å². The molecule has 0 saturated heterocycles. The summed E-state index contributed by atoms with van der Waals surface area (Å²) < 4.78 is 10.7. The third-order valence-corrected chi connectivity index (χ3v) is 1.64. The molecule has 0 saturated carbocycles. The number of carboxylic acid groups (broad SMARTS) is 1. The number of aliphatic carboxylic acids is 1. The summed E-state index contributed by atoms with van der Waals surface area (Å²) in [5.74, 6) is -2.56. The topological polar surface area (TPSA) is 90.8 Å². The van der Waals surface area contributed by atoms with Crippen molar-refractivity contribution in [1.82, 2.24) is 6.15 Å². The predicted octanol–water partition coefficient (Wildman–Crippen LogP) is 2.19. The van der Waals surface area contributed by atoms with Crippen molar-refractivity contribution in [1.29, 1.82) is 0 Å². The van der Waals surface area contributed by atoms with E-state index in [0.717, 1.165) is 0 Å². The quantitative estimate of drug-likeness (QED) is 0.671. The van der Waals surface area contributed by atoms with Crippen LogP contribution in [0.25, 0.3) is 0 Å². The summed E-state index contributed by atoms with van der Waals surface area (Å²) in [6.07, 6.45) is -0.0619. The first kappa shape index (κ1) is 16.8. The zero-order chi connectivity index (χ0) is 11.4. The Bertz CT molecular complexity index is 182. The molecule has 0 atom stereocenters. The maximum Gasteiger partial charge on any atom is 0.364 e. The van der Waals surface area contributed by atoms with Crippen LogP contribution < -0.4 is 6.15 Å². The van der Waals surface area contributed by atoms with Crippen LogP contribution in [0.15, 0.2) is 0 Å². The number of carbonyl (C=O) groups is 1. The summed E-state index contributed by atoms with van der Waals surface area (Å²) in [7, 11) is 0. The van der Waals surface area contributed by atoms with Crippen molar-refractivity contribution in [2.24, 2.45) is 0 Å². The fraction of sp³-hybridized carbons (Fsp3) is 0.900. The Morgan fingerprint density at radius 3 is 1.67 bits per heavy atom. The molecule has 92 valence electrons. The molecule has 0 radical (unpaired) electrons. The third-order valence-electron chi connectivity index (χ3n) is 1.64. The van der Waals surface area contributed by atoms with Crippen molar-refractivity contribution in [3.63, 3.8) is 0 Å². The van der Waals surface area contributed by atoms with Gasteiger partial charge >= 0.3 is 5.97 Å². The molecule has 15 heavy (non-hydrogen) atoms. The molecule has 0 aromatic heterocycles. The first-order valence-corrected chi connectivity index (χ1v) is 4.93. The van der Waals surface area contributed by atoms with Gasteiger partial charge in [-0.2, -0.15) is 0 Å². The molecule has 0 aliphatic carbocycles. The second-order valence-corrected chi connectivity index (χ2v) is 3.74. The first-order valence-electron chi connectivity index (χ1n) is 4.93. The molecular formula is C10H23NO4. The normalized spacial score (nSPS) is 11.7. The Labute approximate surface area is 91.3 Å². The van der Waals surface area contributed by atoms with Gasteiger partial charge in [0.1, 0.15) is 0 Å². The van der Waals surface area contributed by atoms with Crippen LogP contribution in [-0.4, -0.2) is 29.1 Å². The molecule has 0 rings (SSSR count). The number of carboxylic acids is 1. The Balaban J connectivity index is 0. The highest BCUT2D eigenvalue weighted by Gasteiger charge is 2.41. The molecule has 0 aromatic carbocycles. The van der Waals surface area contributed by atoms with Crippen LogP contribution in [0.5, 0.6) is 0 Å². The Kier molecular flexibility index (Phi) is 7.56. The average molecular weight is 221 g/mol. The van der Waals surface area contributed by atoms with Crippen LogP contribution in [0, 0.1) is 0 Å². The van der Waals surface area contributed by atoms with Gasteiger partial charge in [0.2, 0.25) is 0 Å². The van der Waals surface area contributed by atoms with E-state index in [4.69, 9.17) is 14.6 Å². The van der Waals surface area contributed by atoms with Crippen molar-refractivity contribution < 1.29 is 19.4 Å². The van der Waals surface area contributed by atoms with Gasteiger partial charge in [-0.05, 0) is 27.7 Å². The van der Waals surface area contributed by atoms with Crippen molar-refractivity contribution in [3.8, 4) is 0 Å². The first-order chi connectivity index (χ1) is 6.34. The number of rotatable bonds is 6. The van der Waals surface area contributed by atoms with E-state index < -0.39 is 11.8 Å². The number of ether oxygens (including phenoxy) is 2. The molecule has 0 amide bonds. The molecule has 0 aliphatic rings. The largest absolute Gasteiger partial charge is 0.477 e. The Morgan fingerprint density at radius 1 is 1.20 bits per heavy atom. The van der Waals surface area contributed by atoms with Crippen LogP contribution in [0.3, 0.4) is 0 Å². The zero-order valence-electron chi connectivity index (χ0n) is 10.2. The van der Waals surface area contributed by atoms with Crippen molar-refractivity contribution >= 4 is 5.97 Å².